The second-order valence-corrected chi connectivity index (χ2v) is 3.70. The number of aliphatic hydroxyl groups is 1. The van der Waals surface area contributed by atoms with Crippen molar-refractivity contribution in [2.75, 3.05) is 6.61 Å². The molecule has 1 aromatic rings. The Morgan fingerprint density at radius 1 is 1.22 bits per heavy atom. The molecule has 0 heterocycles. The molecule has 0 amide bonds. The molecule has 0 aliphatic carbocycles. The van der Waals surface area contributed by atoms with Gasteiger partial charge in [-0.1, -0.05) is 49.6 Å². The van der Waals surface area contributed by atoms with Gasteiger partial charge in [-0.3, -0.25) is 0 Å². The summed E-state index contributed by atoms with van der Waals surface area (Å²) >= 11 is 0. The highest BCUT2D eigenvalue weighted by Crippen LogP contribution is 2.03. The van der Waals surface area contributed by atoms with E-state index >= 15 is 0 Å². The van der Waals surface area contributed by atoms with Gasteiger partial charge in [0.25, 0.3) is 0 Å². The van der Waals surface area contributed by atoms with Gasteiger partial charge < -0.3 is 10.2 Å². The lowest BCUT2D eigenvalue weighted by Gasteiger charge is -1.96. The fourth-order valence-corrected chi connectivity index (χ4v) is 1.15. The van der Waals surface area contributed by atoms with Crippen molar-refractivity contribution in [2.24, 2.45) is 0 Å². The number of unbranched alkanes of at least 4 members (excludes halogenated alkanes) is 1. The minimum absolute atomic E-state index is 0.118. The molecule has 98 valence electrons. The number of carbonyl (C=O) groups is 1. The maximum absolute atomic E-state index is 10.1. The average molecular weight is 248 g/mol. The lowest BCUT2D eigenvalue weighted by molar-refractivity contribution is -0.132. The zero-order chi connectivity index (χ0) is 13.8. The molecular formula is C15H20O3. The van der Waals surface area contributed by atoms with Crippen molar-refractivity contribution in [1.29, 1.82) is 0 Å². The summed E-state index contributed by atoms with van der Waals surface area (Å²) in [5, 5.41) is 16.7. The fraction of sp³-hybridized carbons (Fsp3) is 0.267. The summed E-state index contributed by atoms with van der Waals surface area (Å²) in [7, 11) is 0. The summed E-state index contributed by atoms with van der Waals surface area (Å²) in [4.78, 5) is 10.1. The van der Waals surface area contributed by atoms with Crippen LogP contribution in [0.4, 0.5) is 0 Å². The van der Waals surface area contributed by atoms with Gasteiger partial charge >= 0.3 is 5.97 Å². The Balaban J connectivity index is 0.000000327. The Morgan fingerprint density at radius 3 is 2.22 bits per heavy atom. The Hall–Kier alpha value is -1.87. The molecule has 0 aliphatic heterocycles. The number of benzene rings is 1. The molecule has 0 saturated heterocycles. The molecule has 0 radical (unpaired) electrons. The summed E-state index contributed by atoms with van der Waals surface area (Å²) < 4.78 is 0. The van der Waals surface area contributed by atoms with Crippen molar-refractivity contribution in [3.63, 3.8) is 0 Å². The Labute approximate surface area is 108 Å². The fourth-order valence-electron chi connectivity index (χ4n) is 1.15. The predicted molar refractivity (Wildman–Crippen MR) is 74.2 cm³/mol. The minimum atomic E-state index is -0.946. The highest BCUT2D eigenvalue weighted by Gasteiger charge is 2.01. The third-order valence-electron chi connectivity index (χ3n) is 2.22. The number of rotatable bonds is 6. The van der Waals surface area contributed by atoms with Gasteiger partial charge in [-0.15, -0.1) is 0 Å². The number of hydrogen-bond donors (Lipinski definition) is 2. The highest BCUT2D eigenvalue weighted by atomic mass is 16.4. The Morgan fingerprint density at radius 2 is 1.83 bits per heavy atom. The van der Waals surface area contributed by atoms with Crippen LogP contribution in [0.25, 0.3) is 6.08 Å². The van der Waals surface area contributed by atoms with Crippen LogP contribution in [0.2, 0.25) is 0 Å². The number of hydrogen-bond acceptors (Lipinski definition) is 2. The first-order valence-corrected chi connectivity index (χ1v) is 5.81. The molecule has 0 bridgehead atoms. The maximum atomic E-state index is 10.1. The van der Waals surface area contributed by atoms with Gasteiger partial charge in [-0.2, -0.15) is 0 Å². The van der Waals surface area contributed by atoms with Crippen LogP contribution in [0.1, 0.15) is 24.8 Å². The highest BCUT2D eigenvalue weighted by molar-refractivity contribution is 5.85. The smallest absolute Gasteiger partial charge is 0.330 e. The van der Waals surface area contributed by atoms with E-state index < -0.39 is 5.97 Å². The molecular weight excluding hydrogens is 228 g/mol. The quantitative estimate of drug-likeness (QED) is 0.600. The molecule has 18 heavy (non-hydrogen) atoms. The second-order valence-electron chi connectivity index (χ2n) is 3.70. The van der Waals surface area contributed by atoms with Gasteiger partial charge in [0.1, 0.15) is 0 Å². The molecule has 0 aliphatic rings. The molecule has 0 aromatic heterocycles. The van der Waals surface area contributed by atoms with E-state index in [0.29, 0.717) is 19.3 Å². The van der Waals surface area contributed by atoms with Crippen molar-refractivity contribution in [1.82, 2.24) is 0 Å². The molecule has 0 fully saturated rings. The molecule has 0 spiro atoms. The summed E-state index contributed by atoms with van der Waals surface area (Å²) in [5.41, 5.74) is 1.39. The summed E-state index contributed by atoms with van der Waals surface area (Å²) in [6.45, 7) is 7.09. The van der Waals surface area contributed by atoms with Gasteiger partial charge in [-0.05, 0) is 24.8 Å². The van der Waals surface area contributed by atoms with Crippen LogP contribution in [0, 0.1) is 0 Å². The number of aliphatic hydroxyl groups excluding tert-OH is 1. The van der Waals surface area contributed by atoms with Crippen molar-refractivity contribution in [2.45, 2.75) is 19.3 Å². The van der Waals surface area contributed by atoms with E-state index in [0.717, 1.165) is 0 Å². The monoisotopic (exact) mass is 248 g/mol. The van der Waals surface area contributed by atoms with E-state index in [4.69, 9.17) is 10.2 Å². The Bertz CT molecular complexity index is 369. The first-order chi connectivity index (χ1) is 8.61. The molecule has 2 N–H and O–H groups in total. The minimum Gasteiger partial charge on any atom is -0.478 e. The SMILES string of the molecule is C=C(CCCCO)C(=O)O.C=Cc1ccccc1. The molecule has 1 rings (SSSR count). The van der Waals surface area contributed by atoms with Crippen LogP contribution < -0.4 is 0 Å². The molecule has 3 heteroatoms. The summed E-state index contributed by atoms with van der Waals surface area (Å²) in [6.07, 6.45) is 3.64. The predicted octanol–water partition coefficient (Wildman–Crippen LogP) is 3.12. The summed E-state index contributed by atoms with van der Waals surface area (Å²) in [6, 6.07) is 10.0. The van der Waals surface area contributed by atoms with Crippen molar-refractivity contribution < 1.29 is 15.0 Å². The number of carboxylic acids is 1. The van der Waals surface area contributed by atoms with Gasteiger partial charge in [0.2, 0.25) is 0 Å². The van der Waals surface area contributed by atoms with Crippen molar-refractivity contribution >= 4 is 12.0 Å². The average Bonchev–Trinajstić information content (AvgIpc) is 2.40. The molecule has 0 saturated carbocycles. The number of carboxylic acid groups (broad SMARTS) is 1. The zero-order valence-electron chi connectivity index (χ0n) is 10.5. The molecule has 3 nitrogen and oxygen atoms in total. The van der Waals surface area contributed by atoms with Crippen LogP contribution in [-0.2, 0) is 4.79 Å². The zero-order valence-corrected chi connectivity index (χ0v) is 10.5. The topological polar surface area (TPSA) is 57.5 Å². The normalized spacial score (nSPS) is 8.94. The second kappa shape index (κ2) is 10.3. The molecule has 0 atom stereocenters. The lowest BCUT2D eigenvalue weighted by atomic mass is 10.1. The first kappa shape index (κ1) is 16.1. The van der Waals surface area contributed by atoms with Crippen LogP contribution in [-0.4, -0.2) is 22.8 Å². The van der Waals surface area contributed by atoms with Gasteiger partial charge in [0, 0.05) is 12.2 Å². The van der Waals surface area contributed by atoms with E-state index in [1.165, 1.54) is 5.56 Å². The lowest BCUT2D eigenvalue weighted by Crippen LogP contribution is -1.98. The van der Waals surface area contributed by atoms with Crippen LogP contribution in [0.5, 0.6) is 0 Å². The van der Waals surface area contributed by atoms with E-state index in [1.54, 1.807) is 0 Å². The van der Waals surface area contributed by atoms with Gasteiger partial charge in [0.05, 0.1) is 0 Å². The van der Waals surface area contributed by atoms with Gasteiger partial charge in [-0.25, -0.2) is 4.79 Å². The third-order valence-corrected chi connectivity index (χ3v) is 2.22. The third kappa shape index (κ3) is 8.30. The van der Waals surface area contributed by atoms with Gasteiger partial charge in [0.15, 0.2) is 0 Å². The first-order valence-electron chi connectivity index (χ1n) is 5.81. The van der Waals surface area contributed by atoms with E-state index in [9.17, 15) is 4.79 Å². The largest absolute Gasteiger partial charge is 0.478 e. The van der Waals surface area contributed by atoms with E-state index in [-0.39, 0.29) is 12.2 Å². The van der Waals surface area contributed by atoms with Crippen molar-refractivity contribution in [3.05, 3.63) is 54.6 Å². The Kier molecular flexibility index (Phi) is 9.23. The molecule has 1 aromatic carbocycles. The summed E-state index contributed by atoms with van der Waals surface area (Å²) in [5.74, 6) is -0.946. The van der Waals surface area contributed by atoms with E-state index in [1.807, 2.05) is 36.4 Å². The van der Waals surface area contributed by atoms with Crippen LogP contribution >= 0.6 is 0 Å². The van der Waals surface area contributed by atoms with E-state index in [2.05, 4.69) is 13.2 Å². The van der Waals surface area contributed by atoms with Crippen LogP contribution in [0.3, 0.4) is 0 Å². The molecule has 0 unspecified atom stereocenters. The maximum Gasteiger partial charge on any atom is 0.330 e. The van der Waals surface area contributed by atoms with Crippen molar-refractivity contribution in [3.8, 4) is 0 Å². The number of aliphatic carboxylic acids is 1. The standard InChI is InChI=1S/C8H8.C7H12O3/c1-2-8-6-4-3-5-7-8;1-6(7(9)10)4-2-3-5-8/h2-7H,1H2;8H,1-5H2,(H,9,10). The van der Waals surface area contributed by atoms with Crippen LogP contribution in [0.15, 0.2) is 49.1 Å².